The van der Waals surface area contributed by atoms with Crippen molar-refractivity contribution >= 4 is 5.78 Å². The van der Waals surface area contributed by atoms with Crippen LogP contribution in [0.25, 0.3) is 0 Å². The van der Waals surface area contributed by atoms with Gasteiger partial charge in [0.05, 0.1) is 12.2 Å². The first-order chi connectivity index (χ1) is 11.8. The highest BCUT2D eigenvalue weighted by Gasteiger charge is 2.47. The van der Waals surface area contributed by atoms with E-state index in [-0.39, 0.29) is 41.3 Å². The van der Waals surface area contributed by atoms with Crippen LogP contribution < -0.4 is 4.74 Å². The molecule has 0 bridgehead atoms. The lowest BCUT2D eigenvalue weighted by molar-refractivity contribution is 0.103. The van der Waals surface area contributed by atoms with E-state index in [1.165, 1.54) is 6.08 Å². The molecule has 0 spiro atoms. The van der Waals surface area contributed by atoms with Crippen LogP contribution in [0.2, 0.25) is 0 Å². The van der Waals surface area contributed by atoms with Crippen LogP contribution in [-0.2, 0) is 11.8 Å². The fourth-order valence-corrected chi connectivity index (χ4v) is 4.59. The number of allylic oxidation sites excluding steroid dienone is 2. The largest absolute Gasteiger partial charge is 0.507 e. The predicted molar refractivity (Wildman–Crippen MR) is 92.4 cm³/mol. The zero-order chi connectivity index (χ0) is 18.1. The van der Waals surface area contributed by atoms with Gasteiger partial charge in [-0.15, -0.1) is 0 Å². The van der Waals surface area contributed by atoms with Crippen molar-refractivity contribution in [1.82, 2.24) is 0 Å². The van der Waals surface area contributed by atoms with Gasteiger partial charge in [-0.2, -0.15) is 0 Å². The summed E-state index contributed by atoms with van der Waals surface area (Å²) in [6.45, 7) is 5.62. The number of rotatable bonds is 1. The Bertz CT molecular complexity index is 877. The lowest BCUT2D eigenvalue weighted by Crippen LogP contribution is -2.36. The summed E-state index contributed by atoms with van der Waals surface area (Å²) in [6, 6.07) is 0. The van der Waals surface area contributed by atoms with Gasteiger partial charge in [-0.3, -0.25) is 4.79 Å². The molecule has 3 aliphatic rings. The van der Waals surface area contributed by atoms with Gasteiger partial charge in [0.15, 0.2) is 17.3 Å². The number of hydrogen-bond acceptors (Lipinski definition) is 5. The number of carbonyl (C=O) groups is 1. The Labute approximate surface area is 146 Å². The second kappa shape index (κ2) is 5.11. The topological polar surface area (TPSA) is 87.0 Å². The van der Waals surface area contributed by atoms with Crippen molar-refractivity contribution in [3.8, 4) is 17.2 Å². The number of hydrogen-bond donors (Lipinski definition) is 3. The van der Waals surface area contributed by atoms with E-state index in [0.29, 0.717) is 24.0 Å². The van der Waals surface area contributed by atoms with Crippen molar-refractivity contribution in [2.45, 2.75) is 51.6 Å². The molecule has 0 saturated carbocycles. The molecular weight excluding hydrogens is 320 g/mol. The van der Waals surface area contributed by atoms with Gasteiger partial charge in [0, 0.05) is 23.0 Å². The third-order valence-corrected chi connectivity index (χ3v) is 5.98. The monoisotopic (exact) mass is 342 g/mol. The van der Waals surface area contributed by atoms with Gasteiger partial charge < -0.3 is 20.1 Å². The van der Waals surface area contributed by atoms with Crippen LogP contribution >= 0.6 is 0 Å². The molecule has 3 N–H and O–H groups in total. The Hall–Kier alpha value is -2.27. The number of aliphatic hydroxyl groups excluding tert-OH is 1. The first-order valence-electron chi connectivity index (χ1n) is 8.63. The van der Waals surface area contributed by atoms with Crippen LogP contribution in [0.4, 0.5) is 0 Å². The first-order valence-corrected chi connectivity index (χ1v) is 8.63. The molecule has 0 amide bonds. The van der Waals surface area contributed by atoms with Gasteiger partial charge in [0.2, 0.25) is 0 Å². The number of fused-ring (bicyclic) bond motifs is 4. The van der Waals surface area contributed by atoms with Crippen LogP contribution in [0.1, 0.15) is 55.1 Å². The SMILES string of the molecule is CC1=C(CO)C2=CC(=O)c3c(O)c4c(c(O)c3[C@@]2(C)CC1)O[C@@H](C)C4. The number of ether oxygens (including phenoxy) is 1. The van der Waals surface area contributed by atoms with Crippen molar-refractivity contribution in [2.75, 3.05) is 6.61 Å². The summed E-state index contributed by atoms with van der Waals surface area (Å²) in [6.07, 6.45) is 3.26. The Morgan fingerprint density at radius 3 is 2.72 bits per heavy atom. The minimum absolute atomic E-state index is 0.0505. The van der Waals surface area contributed by atoms with Crippen LogP contribution in [0.15, 0.2) is 22.8 Å². The Balaban J connectivity index is 2.04. The van der Waals surface area contributed by atoms with Gasteiger partial charge in [-0.1, -0.05) is 12.5 Å². The molecule has 4 rings (SSSR count). The zero-order valence-electron chi connectivity index (χ0n) is 14.6. The number of carbonyl (C=O) groups excluding carboxylic acids is 1. The molecule has 0 aromatic heterocycles. The fraction of sp³-hybridized carbons (Fsp3) is 0.450. The van der Waals surface area contributed by atoms with E-state index in [0.717, 1.165) is 23.1 Å². The number of benzene rings is 1. The van der Waals surface area contributed by atoms with E-state index in [1.54, 1.807) is 0 Å². The van der Waals surface area contributed by atoms with Gasteiger partial charge in [0.25, 0.3) is 0 Å². The molecule has 1 aromatic rings. The first kappa shape index (κ1) is 16.2. The Morgan fingerprint density at radius 2 is 2.04 bits per heavy atom. The maximum absolute atomic E-state index is 12.8. The molecule has 132 valence electrons. The Kier molecular flexibility index (Phi) is 3.32. The second-order valence-electron chi connectivity index (χ2n) is 7.56. The molecule has 1 heterocycles. The third kappa shape index (κ3) is 1.96. The summed E-state index contributed by atoms with van der Waals surface area (Å²) in [4.78, 5) is 12.8. The number of aliphatic hydroxyl groups is 1. The maximum atomic E-state index is 12.8. The quantitative estimate of drug-likeness (QED) is 0.683. The third-order valence-electron chi connectivity index (χ3n) is 5.98. The summed E-state index contributed by atoms with van der Waals surface area (Å²) in [5, 5.41) is 31.5. The minimum atomic E-state index is -0.646. The Morgan fingerprint density at radius 1 is 1.32 bits per heavy atom. The van der Waals surface area contributed by atoms with Crippen LogP contribution in [0.5, 0.6) is 17.2 Å². The summed E-state index contributed by atoms with van der Waals surface area (Å²) in [7, 11) is 0. The standard InChI is InChI=1S/C20H22O5/c1-9-4-5-20(3)13(12(9)8-21)7-14(22)15-16(20)18(24)19-11(17(15)23)6-10(2)25-19/h7,10,21,23-24H,4-6,8H2,1-3H3/t10-,20-/m0/s1. The van der Waals surface area contributed by atoms with Crippen molar-refractivity contribution in [3.63, 3.8) is 0 Å². The van der Waals surface area contributed by atoms with E-state index >= 15 is 0 Å². The highest BCUT2D eigenvalue weighted by atomic mass is 16.5. The van der Waals surface area contributed by atoms with Gasteiger partial charge in [-0.05, 0) is 43.9 Å². The predicted octanol–water partition coefficient (Wildman–Crippen LogP) is 2.90. The molecule has 0 radical (unpaired) electrons. The van der Waals surface area contributed by atoms with Gasteiger partial charge >= 0.3 is 0 Å². The smallest absolute Gasteiger partial charge is 0.190 e. The molecule has 0 fully saturated rings. The maximum Gasteiger partial charge on any atom is 0.190 e. The molecular formula is C20H22O5. The molecule has 0 saturated heterocycles. The van der Waals surface area contributed by atoms with E-state index in [4.69, 9.17) is 4.74 Å². The number of phenols is 2. The minimum Gasteiger partial charge on any atom is -0.507 e. The lowest BCUT2D eigenvalue weighted by Gasteiger charge is -2.42. The molecule has 25 heavy (non-hydrogen) atoms. The van der Waals surface area contributed by atoms with Gasteiger partial charge in [0.1, 0.15) is 11.9 Å². The average molecular weight is 342 g/mol. The molecule has 2 atom stereocenters. The van der Waals surface area contributed by atoms with E-state index in [1.807, 2.05) is 20.8 Å². The van der Waals surface area contributed by atoms with Crippen molar-refractivity contribution < 1.29 is 24.9 Å². The molecule has 2 aliphatic carbocycles. The molecule has 5 nitrogen and oxygen atoms in total. The molecule has 0 unspecified atom stereocenters. The number of phenolic OH excluding ortho intramolecular Hbond substituents is 2. The summed E-state index contributed by atoms with van der Waals surface area (Å²) < 4.78 is 5.72. The van der Waals surface area contributed by atoms with E-state index in [2.05, 4.69) is 0 Å². The molecule has 1 aromatic carbocycles. The van der Waals surface area contributed by atoms with E-state index < -0.39 is 5.41 Å². The summed E-state index contributed by atoms with van der Waals surface area (Å²) in [5.74, 6) is -0.176. The van der Waals surface area contributed by atoms with Gasteiger partial charge in [-0.25, -0.2) is 0 Å². The van der Waals surface area contributed by atoms with Crippen LogP contribution in [0, 0.1) is 0 Å². The fourth-order valence-electron chi connectivity index (χ4n) is 4.59. The van der Waals surface area contributed by atoms with Crippen molar-refractivity contribution in [2.24, 2.45) is 0 Å². The highest BCUT2D eigenvalue weighted by Crippen LogP contribution is 2.58. The number of aromatic hydroxyl groups is 2. The zero-order valence-corrected chi connectivity index (χ0v) is 14.6. The lowest BCUT2D eigenvalue weighted by atomic mass is 9.61. The second-order valence-corrected chi connectivity index (χ2v) is 7.56. The number of ketones is 1. The van der Waals surface area contributed by atoms with E-state index in [9.17, 15) is 20.1 Å². The van der Waals surface area contributed by atoms with Crippen molar-refractivity contribution in [3.05, 3.63) is 39.5 Å². The van der Waals surface area contributed by atoms with Crippen LogP contribution in [-0.4, -0.2) is 33.8 Å². The van der Waals surface area contributed by atoms with Crippen LogP contribution in [0.3, 0.4) is 0 Å². The normalized spacial score (nSPS) is 27.4. The molecule has 1 aliphatic heterocycles. The molecule has 5 heteroatoms. The summed E-state index contributed by atoms with van der Waals surface area (Å²) in [5.41, 5.74) is 3.00. The summed E-state index contributed by atoms with van der Waals surface area (Å²) >= 11 is 0. The average Bonchev–Trinajstić information content (AvgIpc) is 2.96. The van der Waals surface area contributed by atoms with Crippen molar-refractivity contribution in [1.29, 1.82) is 0 Å². The highest BCUT2D eigenvalue weighted by molar-refractivity contribution is 6.12.